The number of nitrogens with two attached hydrogens (primary N) is 1. The summed E-state index contributed by atoms with van der Waals surface area (Å²) >= 11 is 0. The summed E-state index contributed by atoms with van der Waals surface area (Å²) in [6.45, 7) is 0.102. The zero-order valence-electron chi connectivity index (χ0n) is 10.4. The van der Waals surface area contributed by atoms with Crippen molar-refractivity contribution >= 4 is 0 Å². The van der Waals surface area contributed by atoms with Crippen molar-refractivity contribution in [3.05, 3.63) is 71.8 Å². The second-order valence-corrected chi connectivity index (χ2v) is 4.57. The van der Waals surface area contributed by atoms with Gasteiger partial charge in [-0.3, -0.25) is 0 Å². The second kappa shape index (κ2) is 6.34. The molecule has 0 aliphatic heterocycles. The van der Waals surface area contributed by atoms with Crippen LogP contribution in [0.2, 0.25) is 0 Å². The quantitative estimate of drug-likeness (QED) is 0.845. The number of benzene rings is 2. The maximum atomic E-state index is 9.54. The molecule has 94 valence electrons. The minimum atomic E-state index is -0.128. The van der Waals surface area contributed by atoms with E-state index in [2.05, 4.69) is 12.1 Å². The Kier molecular flexibility index (Phi) is 4.51. The minimum Gasteiger partial charge on any atom is -0.396 e. The van der Waals surface area contributed by atoms with Crippen LogP contribution in [0.3, 0.4) is 0 Å². The highest BCUT2D eigenvalue weighted by Gasteiger charge is 2.18. The summed E-state index contributed by atoms with van der Waals surface area (Å²) in [6, 6.07) is 20.0. The molecule has 2 aromatic carbocycles. The van der Waals surface area contributed by atoms with Gasteiger partial charge in [-0.15, -0.1) is 0 Å². The van der Waals surface area contributed by atoms with Crippen LogP contribution in [-0.2, 0) is 6.42 Å². The molecule has 0 amide bonds. The normalized spacial score (nSPS) is 14.1. The first kappa shape index (κ1) is 12.8. The molecule has 3 N–H and O–H groups in total. The van der Waals surface area contributed by atoms with Gasteiger partial charge in [0.1, 0.15) is 0 Å². The molecule has 0 aliphatic carbocycles. The molecule has 0 heterocycles. The molecular formula is C16H19NO. The summed E-state index contributed by atoms with van der Waals surface area (Å²) < 4.78 is 0. The van der Waals surface area contributed by atoms with E-state index in [0.29, 0.717) is 0 Å². The Bertz CT molecular complexity index is 455. The summed E-state index contributed by atoms with van der Waals surface area (Å²) in [6.07, 6.45) is 0.799. The average molecular weight is 241 g/mol. The van der Waals surface area contributed by atoms with Crippen molar-refractivity contribution in [2.75, 3.05) is 6.61 Å². The summed E-state index contributed by atoms with van der Waals surface area (Å²) in [5.41, 5.74) is 8.53. The third kappa shape index (κ3) is 3.19. The topological polar surface area (TPSA) is 46.2 Å². The smallest absolute Gasteiger partial charge is 0.0480 e. The Labute approximate surface area is 108 Å². The van der Waals surface area contributed by atoms with Crippen molar-refractivity contribution in [2.24, 2.45) is 11.7 Å². The fourth-order valence-corrected chi connectivity index (χ4v) is 2.17. The number of hydrogen-bond acceptors (Lipinski definition) is 2. The molecule has 2 heteroatoms. The van der Waals surface area contributed by atoms with Gasteiger partial charge >= 0.3 is 0 Å². The van der Waals surface area contributed by atoms with Gasteiger partial charge in [-0.1, -0.05) is 60.7 Å². The second-order valence-electron chi connectivity index (χ2n) is 4.57. The highest BCUT2D eigenvalue weighted by Crippen LogP contribution is 2.22. The molecule has 0 saturated carbocycles. The highest BCUT2D eigenvalue weighted by atomic mass is 16.3. The van der Waals surface area contributed by atoms with Crippen LogP contribution in [0.4, 0.5) is 0 Å². The lowest BCUT2D eigenvalue weighted by atomic mass is 9.89. The standard InChI is InChI=1S/C16H19NO/c17-16(14-9-5-2-6-10-14)15(12-18)11-13-7-3-1-4-8-13/h1-10,15-16,18H,11-12,17H2/t15-,16+/m0/s1. The van der Waals surface area contributed by atoms with Gasteiger partial charge in [0.05, 0.1) is 0 Å². The maximum Gasteiger partial charge on any atom is 0.0480 e. The van der Waals surface area contributed by atoms with Gasteiger partial charge in [0.25, 0.3) is 0 Å². The van der Waals surface area contributed by atoms with Crippen LogP contribution in [0.25, 0.3) is 0 Å². The summed E-state index contributed by atoms with van der Waals surface area (Å²) in [4.78, 5) is 0. The molecule has 0 spiro atoms. The largest absolute Gasteiger partial charge is 0.396 e. The Morgan fingerprint density at radius 2 is 1.44 bits per heavy atom. The van der Waals surface area contributed by atoms with Gasteiger partial charge in [-0.25, -0.2) is 0 Å². The van der Waals surface area contributed by atoms with E-state index in [1.165, 1.54) is 5.56 Å². The Balaban J connectivity index is 2.09. The van der Waals surface area contributed by atoms with Gasteiger partial charge < -0.3 is 10.8 Å². The maximum absolute atomic E-state index is 9.54. The van der Waals surface area contributed by atoms with E-state index in [1.54, 1.807) is 0 Å². The van der Waals surface area contributed by atoms with Gasteiger partial charge in [0, 0.05) is 18.6 Å². The lowest BCUT2D eigenvalue weighted by Crippen LogP contribution is -2.26. The molecule has 0 radical (unpaired) electrons. The van der Waals surface area contributed by atoms with E-state index in [0.717, 1.165) is 12.0 Å². The SMILES string of the molecule is N[C@H](c1ccccc1)[C@H](CO)Cc1ccccc1. The highest BCUT2D eigenvalue weighted by molar-refractivity contribution is 5.21. The van der Waals surface area contributed by atoms with Crippen LogP contribution < -0.4 is 5.73 Å². The Morgan fingerprint density at radius 3 is 2.00 bits per heavy atom. The van der Waals surface area contributed by atoms with Crippen molar-refractivity contribution in [1.82, 2.24) is 0 Å². The first-order valence-electron chi connectivity index (χ1n) is 6.26. The van der Waals surface area contributed by atoms with Crippen molar-refractivity contribution in [2.45, 2.75) is 12.5 Å². The lowest BCUT2D eigenvalue weighted by Gasteiger charge is -2.22. The zero-order chi connectivity index (χ0) is 12.8. The van der Waals surface area contributed by atoms with Gasteiger partial charge in [0.15, 0.2) is 0 Å². The predicted molar refractivity (Wildman–Crippen MR) is 74.1 cm³/mol. The van der Waals surface area contributed by atoms with E-state index in [1.807, 2.05) is 48.5 Å². The average Bonchev–Trinajstić information content (AvgIpc) is 2.46. The van der Waals surface area contributed by atoms with Crippen molar-refractivity contribution in [3.63, 3.8) is 0 Å². The monoisotopic (exact) mass is 241 g/mol. The van der Waals surface area contributed by atoms with E-state index in [-0.39, 0.29) is 18.6 Å². The number of rotatable bonds is 5. The first-order chi connectivity index (χ1) is 8.81. The molecule has 0 fully saturated rings. The van der Waals surface area contributed by atoms with Gasteiger partial charge in [-0.05, 0) is 17.5 Å². The molecular weight excluding hydrogens is 222 g/mol. The fraction of sp³-hybridized carbons (Fsp3) is 0.250. The van der Waals surface area contributed by atoms with Crippen LogP contribution in [0.5, 0.6) is 0 Å². The minimum absolute atomic E-state index is 0.0507. The zero-order valence-corrected chi connectivity index (χ0v) is 10.4. The Hall–Kier alpha value is -1.64. The van der Waals surface area contributed by atoms with Crippen molar-refractivity contribution in [3.8, 4) is 0 Å². The number of aliphatic hydroxyl groups is 1. The van der Waals surface area contributed by atoms with Crippen LogP contribution >= 0.6 is 0 Å². The molecule has 2 rings (SSSR count). The molecule has 2 aromatic rings. The molecule has 2 nitrogen and oxygen atoms in total. The van der Waals surface area contributed by atoms with Crippen LogP contribution in [0.1, 0.15) is 17.2 Å². The summed E-state index contributed by atoms with van der Waals surface area (Å²) in [5.74, 6) is 0.0507. The molecule has 0 aliphatic rings. The first-order valence-corrected chi connectivity index (χ1v) is 6.26. The van der Waals surface area contributed by atoms with E-state index >= 15 is 0 Å². The third-order valence-corrected chi connectivity index (χ3v) is 3.27. The van der Waals surface area contributed by atoms with Gasteiger partial charge in [-0.2, -0.15) is 0 Å². The Morgan fingerprint density at radius 1 is 0.889 bits per heavy atom. The van der Waals surface area contributed by atoms with Crippen LogP contribution in [0.15, 0.2) is 60.7 Å². The van der Waals surface area contributed by atoms with E-state index in [9.17, 15) is 5.11 Å². The molecule has 2 atom stereocenters. The molecule has 0 unspecified atom stereocenters. The summed E-state index contributed by atoms with van der Waals surface area (Å²) in [7, 11) is 0. The molecule has 0 aromatic heterocycles. The molecule has 0 saturated heterocycles. The number of hydrogen-bond donors (Lipinski definition) is 2. The van der Waals surface area contributed by atoms with Crippen LogP contribution in [-0.4, -0.2) is 11.7 Å². The fourth-order valence-electron chi connectivity index (χ4n) is 2.17. The van der Waals surface area contributed by atoms with E-state index < -0.39 is 0 Å². The van der Waals surface area contributed by atoms with Crippen molar-refractivity contribution in [1.29, 1.82) is 0 Å². The molecule has 0 bridgehead atoms. The third-order valence-electron chi connectivity index (χ3n) is 3.27. The van der Waals surface area contributed by atoms with Crippen molar-refractivity contribution < 1.29 is 5.11 Å². The lowest BCUT2D eigenvalue weighted by molar-refractivity contribution is 0.204. The number of aliphatic hydroxyl groups excluding tert-OH is 1. The van der Waals surface area contributed by atoms with Gasteiger partial charge in [0.2, 0.25) is 0 Å². The van der Waals surface area contributed by atoms with E-state index in [4.69, 9.17) is 5.73 Å². The molecule has 18 heavy (non-hydrogen) atoms. The summed E-state index contributed by atoms with van der Waals surface area (Å²) in [5, 5.41) is 9.54. The predicted octanol–water partition coefficient (Wildman–Crippen LogP) is 2.54. The van der Waals surface area contributed by atoms with Crippen LogP contribution in [0, 0.1) is 5.92 Å².